The van der Waals surface area contributed by atoms with E-state index in [0.29, 0.717) is 22.9 Å². The van der Waals surface area contributed by atoms with Crippen LogP contribution in [-0.4, -0.2) is 25.2 Å². The Labute approximate surface area is 172 Å². The third-order valence-electron chi connectivity index (χ3n) is 3.88. The summed E-state index contributed by atoms with van der Waals surface area (Å²) >= 11 is 0. The van der Waals surface area contributed by atoms with Gasteiger partial charge in [0.15, 0.2) is 24.4 Å². The molecule has 0 atom stereocenters. The smallest absolute Gasteiger partial charge is 0.309 e. The number of oxazole rings is 1. The summed E-state index contributed by atoms with van der Waals surface area (Å²) < 4.78 is 15.3. The van der Waals surface area contributed by atoms with Crippen molar-refractivity contribution in [3.05, 3.63) is 60.6 Å². The first-order chi connectivity index (χ1) is 14.7. The monoisotopic (exact) mass is 409 g/mol. The summed E-state index contributed by atoms with van der Waals surface area (Å²) in [4.78, 5) is 25.3. The number of aromatic nitrogens is 1. The van der Waals surface area contributed by atoms with Gasteiger partial charge in [-0.15, -0.1) is 0 Å². The van der Waals surface area contributed by atoms with Gasteiger partial charge in [-0.3, -0.25) is 4.79 Å². The van der Waals surface area contributed by atoms with Gasteiger partial charge in [-0.25, -0.2) is 15.9 Å². The summed E-state index contributed by atoms with van der Waals surface area (Å²) in [5.41, 5.74) is 8.10. The molecule has 3 aromatic rings. The molecular weight excluding hydrogens is 390 g/mol. The van der Waals surface area contributed by atoms with Crippen LogP contribution >= 0.6 is 0 Å². The fourth-order valence-corrected chi connectivity index (χ4v) is 2.50. The second-order valence-electron chi connectivity index (χ2n) is 5.85. The van der Waals surface area contributed by atoms with Gasteiger partial charge in [-0.2, -0.15) is 0 Å². The van der Waals surface area contributed by atoms with Crippen LogP contribution in [0.15, 0.2) is 59.5 Å². The Kier molecular flexibility index (Phi) is 7.00. The minimum absolute atomic E-state index is 0.170. The van der Waals surface area contributed by atoms with Gasteiger partial charge in [0, 0.05) is 6.07 Å². The molecule has 3 rings (SSSR count). The van der Waals surface area contributed by atoms with E-state index in [4.69, 9.17) is 18.8 Å². The van der Waals surface area contributed by atoms with E-state index in [9.17, 15) is 4.79 Å². The number of carbonyl (C=O) groups is 1. The van der Waals surface area contributed by atoms with Crippen molar-refractivity contribution in [3.8, 4) is 29.3 Å². The van der Waals surface area contributed by atoms with Crippen LogP contribution in [0.4, 0.5) is 11.4 Å². The van der Waals surface area contributed by atoms with Crippen molar-refractivity contribution < 1.29 is 28.4 Å². The van der Waals surface area contributed by atoms with Gasteiger partial charge >= 0.3 is 5.97 Å². The third-order valence-corrected chi connectivity index (χ3v) is 3.88. The number of hydrogen-bond acceptors (Lipinski definition) is 9. The Bertz CT molecular complexity index is 1040. The van der Waals surface area contributed by atoms with Crippen molar-refractivity contribution in [2.24, 2.45) is 0 Å². The molecule has 0 aliphatic rings. The highest BCUT2D eigenvalue weighted by atomic mass is 16.7. The zero-order valence-electron chi connectivity index (χ0n) is 16.3. The molecule has 0 saturated carbocycles. The summed E-state index contributed by atoms with van der Waals surface area (Å²) in [5, 5.41) is 0. The molecule has 1 aromatic heterocycles. The Morgan fingerprint density at radius 2 is 1.83 bits per heavy atom. The zero-order chi connectivity index (χ0) is 21.2. The van der Waals surface area contributed by atoms with Gasteiger partial charge in [-0.05, 0) is 29.8 Å². The highest BCUT2D eigenvalue weighted by Gasteiger charge is 2.10. The van der Waals surface area contributed by atoms with Crippen LogP contribution in [-0.2, 0) is 25.6 Å². The van der Waals surface area contributed by atoms with E-state index in [1.54, 1.807) is 49.7 Å². The number of anilines is 2. The molecule has 0 amide bonds. The molecule has 1 heterocycles. The van der Waals surface area contributed by atoms with Gasteiger partial charge in [0.25, 0.3) is 0 Å². The van der Waals surface area contributed by atoms with Gasteiger partial charge < -0.3 is 23.6 Å². The van der Waals surface area contributed by atoms with Gasteiger partial charge in [0.2, 0.25) is 0 Å². The predicted octanol–water partition coefficient (Wildman–Crippen LogP) is 3.37. The van der Waals surface area contributed by atoms with Crippen molar-refractivity contribution in [1.29, 1.82) is 0 Å². The number of nitrogens with zero attached hydrogens (tertiary/aromatic N) is 1. The lowest BCUT2D eigenvalue weighted by Gasteiger charge is -2.08. The number of esters is 1. The topological polar surface area (TPSA) is 104 Å². The lowest BCUT2D eigenvalue weighted by Crippen LogP contribution is -2.05. The summed E-state index contributed by atoms with van der Waals surface area (Å²) in [7, 11) is 2.90. The third kappa shape index (κ3) is 5.59. The predicted molar refractivity (Wildman–Crippen MR) is 108 cm³/mol. The Balaban J connectivity index is 1.49. The van der Waals surface area contributed by atoms with E-state index in [-0.39, 0.29) is 12.4 Å². The maximum Gasteiger partial charge on any atom is 0.309 e. The quantitative estimate of drug-likeness (QED) is 0.329. The molecule has 0 radical (unpaired) electrons. The lowest BCUT2D eigenvalue weighted by atomic mass is 10.1. The first kappa shape index (κ1) is 20.4. The summed E-state index contributed by atoms with van der Waals surface area (Å²) in [5.74, 6) is 0.852. The molecule has 0 bridgehead atoms. The van der Waals surface area contributed by atoms with Crippen LogP contribution < -0.4 is 15.7 Å². The number of nitrogens with one attached hydrogen (secondary N) is 2. The Morgan fingerprint density at radius 3 is 2.50 bits per heavy atom. The average molecular weight is 409 g/mol. The van der Waals surface area contributed by atoms with Crippen molar-refractivity contribution >= 4 is 17.3 Å². The van der Waals surface area contributed by atoms with E-state index in [2.05, 4.69) is 32.9 Å². The highest BCUT2D eigenvalue weighted by Crippen LogP contribution is 2.32. The molecule has 0 unspecified atom stereocenters. The number of benzene rings is 2. The van der Waals surface area contributed by atoms with E-state index in [0.717, 1.165) is 11.1 Å². The summed E-state index contributed by atoms with van der Waals surface area (Å²) in [6.45, 7) is 0. The highest BCUT2D eigenvalue weighted by molar-refractivity contribution is 5.73. The number of rotatable bonds is 8. The first-order valence-electron chi connectivity index (χ1n) is 8.76. The lowest BCUT2D eigenvalue weighted by molar-refractivity contribution is -0.139. The molecule has 0 saturated heterocycles. The fourth-order valence-electron chi connectivity index (χ4n) is 2.50. The molecule has 9 heteroatoms. The van der Waals surface area contributed by atoms with Crippen LogP contribution in [0.2, 0.25) is 0 Å². The number of hydrogen-bond donors (Lipinski definition) is 2. The molecule has 9 nitrogen and oxygen atoms in total. The van der Waals surface area contributed by atoms with Crippen LogP contribution in [0.5, 0.6) is 5.75 Å². The molecule has 0 fully saturated rings. The molecular formula is C21H19N3O6. The SMILES string of the molecule is COC(=O)Cc1cccc(NOC#CONc2ccc(-c3cnco3)c(OC)c2)c1. The molecule has 0 aliphatic heterocycles. The van der Waals surface area contributed by atoms with Crippen molar-refractivity contribution in [2.75, 3.05) is 25.2 Å². The Morgan fingerprint density at radius 1 is 1.07 bits per heavy atom. The molecule has 0 aliphatic carbocycles. The molecule has 154 valence electrons. The second kappa shape index (κ2) is 10.3. The largest absolute Gasteiger partial charge is 0.496 e. The van der Waals surface area contributed by atoms with Crippen LogP contribution in [0, 0.1) is 12.2 Å². The van der Waals surface area contributed by atoms with Crippen LogP contribution in [0.1, 0.15) is 5.56 Å². The molecule has 2 aromatic carbocycles. The average Bonchev–Trinajstić information content (AvgIpc) is 3.31. The minimum atomic E-state index is -0.321. The van der Waals surface area contributed by atoms with Crippen molar-refractivity contribution in [1.82, 2.24) is 4.98 Å². The number of ether oxygens (including phenoxy) is 2. The molecule has 30 heavy (non-hydrogen) atoms. The van der Waals surface area contributed by atoms with Crippen molar-refractivity contribution in [3.63, 3.8) is 0 Å². The zero-order valence-corrected chi connectivity index (χ0v) is 16.3. The number of carbonyl (C=O) groups excluding carboxylic acids is 1. The van der Waals surface area contributed by atoms with Crippen LogP contribution in [0.3, 0.4) is 0 Å². The van der Waals surface area contributed by atoms with E-state index >= 15 is 0 Å². The normalized spacial score (nSPS) is 9.67. The van der Waals surface area contributed by atoms with Gasteiger partial charge in [0.05, 0.1) is 43.8 Å². The first-order valence-corrected chi connectivity index (χ1v) is 8.76. The van der Waals surface area contributed by atoms with Crippen LogP contribution in [0.25, 0.3) is 11.3 Å². The maximum absolute atomic E-state index is 11.3. The molecule has 0 spiro atoms. The van der Waals surface area contributed by atoms with Crippen molar-refractivity contribution in [2.45, 2.75) is 6.42 Å². The Hall–Kier alpha value is -4.32. The van der Waals surface area contributed by atoms with E-state index in [1.807, 2.05) is 6.07 Å². The van der Waals surface area contributed by atoms with Gasteiger partial charge in [-0.1, -0.05) is 12.1 Å². The minimum Gasteiger partial charge on any atom is -0.496 e. The van der Waals surface area contributed by atoms with E-state index in [1.165, 1.54) is 13.5 Å². The summed E-state index contributed by atoms with van der Waals surface area (Å²) in [6.07, 6.45) is 7.82. The second-order valence-corrected chi connectivity index (χ2v) is 5.85. The number of methoxy groups -OCH3 is 2. The molecule has 2 N–H and O–H groups in total. The summed E-state index contributed by atoms with van der Waals surface area (Å²) in [6, 6.07) is 12.4. The van der Waals surface area contributed by atoms with E-state index < -0.39 is 0 Å². The fraction of sp³-hybridized carbons (Fsp3) is 0.143. The van der Waals surface area contributed by atoms with Gasteiger partial charge in [0.1, 0.15) is 5.75 Å². The standard InChI is InChI=1S/C21H19N3O6/c1-26-19-12-17(6-7-18(19)20-13-22-14-28-20)24-30-9-8-29-23-16-5-3-4-15(10-16)11-21(25)27-2/h3-7,10,12-14,23-24H,11H2,1-2H3. The maximum atomic E-state index is 11.3.